The largest absolute Gasteiger partial charge is 0.312 e. The first-order valence-electron chi connectivity index (χ1n) is 2.14. The van der Waals surface area contributed by atoms with Crippen molar-refractivity contribution < 1.29 is 0 Å². The van der Waals surface area contributed by atoms with Crippen molar-refractivity contribution in [3.63, 3.8) is 0 Å². The number of aromatic nitrogens is 2. The Morgan fingerprint density at radius 2 is 2.44 bits per heavy atom. The SMILES string of the molecule is O=c1[nH]cnc(S)c1Br. The minimum Gasteiger partial charge on any atom is -0.312 e. The summed E-state index contributed by atoms with van der Waals surface area (Å²) in [5, 5.41) is 0.402. The number of halogens is 1. The third-order valence-corrected chi connectivity index (χ3v) is 2.16. The molecule has 0 aliphatic carbocycles. The van der Waals surface area contributed by atoms with Crippen molar-refractivity contribution in [3.8, 4) is 0 Å². The van der Waals surface area contributed by atoms with E-state index in [1.807, 2.05) is 0 Å². The van der Waals surface area contributed by atoms with Gasteiger partial charge in [-0.05, 0) is 15.9 Å². The normalized spacial score (nSPS) is 9.56. The van der Waals surface area contributed by atoms with E-state index in [1.54, 1.807) is 0 Å². The highest BCUT2D eigenvalue weighted by Crippen LogP contribution is 2.09. The zero-order valence-electron chi connectivity index (χ0n) is 4.26. The molecule has 0 fully saturated rings. The van der Waals surface area contributed by atoms with Gasteiger partial charge < -0.3 is 4.98 Å². The van der Waals surface area contributed by atoms with Crippen molar-refractivity contribution in [2.45, 2.75) is 5.03 Å². The van der Waals surface area contributed by atoms with Crippen LogP contribution in [0.3, 0.4) is 0 Å². The molecule has 1 rings (SSSR count). The number of hydrogen-bond acceptors (Lipinski definition) is 3. The van der Waals surface area contributed by atoms with Gasteiger partial charge in [0.1, 0.15) is 9.50 Å². The molecule has 1 aromatic heterocycles. The standard InChI is InChI=1S/C4H3BrN2OS/c5-2-3(8)6-1-7-4(2)9/h1H,(H2,6,7,8,9). The van der Waals surface area contributed by atoms with E-state index in [9.17, 15) is 4.79 Å². The summed E-state index contributed by atoms with van der Waals surface area (Å²) in [5.41, 5.74) is -0.213. The Kier molecular flexibility index (Phi) is 1.92. The second-order valence-corrected chi connectivity index (χ2v) is 2.59. The molecule has 1 aromatic rings. The van der Waals surface area contributed by atoms with Gasteiger partial charge in [-0.3, -0.25) is 4.79 Å². The smallest absolute Gasteiger partial charge is 0.266 e. The van der Waals surface area contributed by atoms with Crippen molar-refractivity contribution in [2.75, 3.05) is 0 Å². The minimum atomic E-state index is -0.213. The van der Waals surface area contributed by atoms with Crippen LogP contribution in [0.2, 0.25) is 0 Å². The van der Waals surface area contributed by atoms with E-state index in [0.717, 1.165) is 0 Å². The monoisotopic (exact) mass is 206 g/mol. The van der Waals surface area contributed by atoms with Crippen LogP contribution in [-0.2, 0) is 0 Å². The zero-order valence-corrected chi connectivity index (χ0v) is 6.74. The maximum atomic E-state index is 10.6. The number of nitrogens with one attached hydrogen (secondary N) is 1. The van der Waals surface area contributed by atoms with E-state index in [0.29, 0.717) is 9.50 Å². The van der Waals surface area contributed by atoms with E-state index in [1.165, 1.54) is 6.33 Å². The van der Waals surface area contributed by atoms with Gasteiger partial charge in [0.25, 0.3) is 5.56 Å². The molecule has 48 valence electrons. The molecule has 5 heteroatoms. The highest BCUT2D eigenvalue weighted by atomic mass is 79.9. The van der Waals surface area contributed by atoms with E-state index in [4.69, 9.17) is 0 Å². The molecule has 0 aromatic carbocycles. The third kappa shape index (κ3) is 1.34. The Morgan fingerprint density at radius 1 is 1.78 bits per heavy atom. The quantitative estimate of drug-likeness (QED) is 0.488. The lowest BCUT2D eigenvalue weighted by Gasteiger charge is -1.89. The van der Waals surface area contributed by atoms with Gasteiger partial charge in [-0.2, -0.15) is 0 Å². The van der Waals surface area contributed by atoms with Crippen LogP contribution in [0, 0.1) is 0 Å². The van der Waals surface area contributed by atoms with Gasteiger partial charge in [0.15, 0.2) is 0 Å². The molecule has 0 saturated carbocycles. The molecule has 0 spiro atoms. The number of thiol groups is 1. The number of nitrogens with zero attached hydrogens (tertiary/aromatic N) is 1. The summed E-state index contributed by atoms with van der Waals surface area (Å²) in [4.78, 5) is 16.7. The van der Waals surface area contributed by atoms with Crippen LogP contribution < -0.4 is 5.56 Å². The van der Waals surface area contributed by atoms with Gasteiger partial charge in [0.2, 0.25) is 0 Å². The number of H-pyrrole nitrogens is 1. The maximum absolute atomic E-state index is 10.6. The average molecular weight is 207 g/mol. The van der Waals surface area contributed by atoms with Crippen LogP contribution in [0.5, 0.6) is 0 Å². The summed E-state index contributed by atoms with van der Waals surface area (Å²) in [5.74, 6) is 0. The Balaban J connectivity index is 3.43. The first-order chi connectivity index (χ1) is 4.22. The maximum Gasteiger partial charge on any atom is 0.266 e. The van der Waals surface area contributed by atoms with Crippen LogP contribution in [0.1, 0.15) is 0 Å². The Labute approximate surface area is 65.1 Å². The molecule has 0 radical (unpaired) electrons. The second kappa shape index (κ2) is 2.53. The molecular formula is C4H3BrN2OS. The summed E-state index contributed by atoms with van der Waals surface area (Å²) in [6.45, 7) is 0. The van der Waals surface area contributed by atoms with Gasteiger partial charge in [-0.25, -0.2) is 4.98 Å². The fraction of sp³-hybridized carbons (Fsp3) is 0. The molecule has 1 N–H and O–H groups in total. The molecule has 0 atom stereocenters. The molecule has 0 amide bonds. The van der Waals surface area contributed by atoms with Gasteiger partial charge in [0, 0.05) is 0 Å². The Morgan fingerprint density at radius 3 is 2.89 bits per heavy atom. The third-order valence-electron chi connectivity index (χ3n) is 0.778. The van der Waals surface area contributed by atoms with Crippen LogP contribution in [-0.4, -0.2) is 9.97 Å². The molecule has 3 nitrogen and oxygen atoms in total. The minimum absolute atomic E-state index is 0.213. The first-order valence-corrected chi connectivity index (χ1v) is 3.38. The molecule has 0 aliphatic rings. The molecular weight excluding hydrogens is 204 g/mol. The van der Waals surface area contributed by atoms with Gasteiger partial charge in [0.05, 0.1) is 6.33 Å². The second-order valence-electron chi connectivity index (χ2n) is 1.37. The summed E-state index contributed by atoms with van der Waals surface area (Å²) in [6.07, 6.45) is 1.30. The zero-order chi connectivity index (χ0) is 6.85. The van der Waals surface area contributed by atoms with Crippen molar-refractivity contribution in [1.82, 2.24) is 9.97 Å². The highest BCUT2D eigenvalue weighted by Gasteiger charge is 1.97. The van der Waals surface area contributed by atoms with Crippen molar-refractivity contribution in [2.24, 2.45) is 0 Å². The van der Waals surface area contributed by atoms with Crippen LogP contribution in [0.4, 0.5) is 0 Å². The van der Waals surface area contributed by atoms with Gasteiger partial charge in [-0.15, -0.1) is 12.6 Å². The molecule has 0 unspecified atom stereocenters. The van der Waals surface area contributed by atoms with Crippen molar-refractivity contribution in [3.05, 3.63) is 21.2 Å². The summed E-state index contributed by atoms with van der Waals surface area (Å²) in [6, 6.07) is 0. The van der Waals surface area contributed by atoms with E-state index in [-0.39, 0.29) is 5.56 Å². The number of rotatable bonds is 0. The predicted molar refractivity (Wildman–Crippen MR) is 39.8 cm³/mol. The lowest BCUT2D eigenvalue weighted by molar-refractivity contribution is 0.995. The fourth-order valence-electron chi connectivity index (χ4n) is 0.374. The summed E-state index contributed by atoms with van der Waals surface area (Å²) < 4.78 is 0.369. The number of aromatic amines is 1. The van der Waals surface area contributed by atoms with Crippen molar-refractivity contribution >= 4 is 28.6 Å². The molecule has 0 bridgehead atoms. The van der Waals surface area contributed by atoms with E-state index in [2.05, 4.69) is 38.5 Å². The molecule has 0 saturated heterocycles. The average Bonchev–Trinajstić information content (AvgIpc) is 1.83. The van der Waals surface area contributed by atoms with Crippen molar-refractivity contribution in [1.29, 1.82) is 0 Å². The summed E-state index contributed by atoms with van der Waals surface area (Å²) >= 11 is 6.89. The molecule has 0 aliphatic heterocycles. The van der Waals surface area contributed by atoms with Crippen LogP contribution in [0.15, 0.2) is 20.6 Å². The van der Waals surface area contributed by atoms with Gasteiger partial charge >= 0.3 is 0 Å². The van der Waals surface area contributed by atoms with E-state index < -0.39 is 0 Å². The van der Waals surface area contributed by atoms with Gasteiger partial charge in [-0.1, -0.05) is 0 Å². The molecule has 9 heavy (non-hydrogen) atoms. The van der Waals surface area contributed by atoms with Crippen LogP contribution >= 0.6 is 28.6 Å². The lowest BCUT2D eigenvalue weighted by atomic mass is 10.7. The lowest BCUT2D eigenvalue weighted by Crippen LogP contribution is -2.06. The first kappa shape index (κ1) is 6.82. The Bertz CT molecular complexity index is 272. The number of hydrogen-bond donors (Lipinski definition) is 2. The molecule has 1 heterocycles. The fourth-order valence-corrected chi connectivity index (χ4v) is 0.750. The van der Waals surface area contributed by atoms with E-state index >= 15 is 0 Å². The predicted octanol–water partition coefficient (Wildman–Crippen LogP) is 0.821. The van der Waals surface area contributed by atoms with Crippen LogP contribution in [0.25, 0.3) is 0 Å². The summed E-state index contributed by atoms with van der Waals surface area (Å²) in [7, 11) is 0. The topological polar surface area (TPSA) is 45.8 Å². The highest BCUT2D eigenvalue weighted by molar-refractivity contribution is 9.10. The Hall–Kier alpha value is -0.290.